The summed E-state index contributed by atoms with van der Waals surface area (Å²) in [6.45, 7) is 0.824. The van der Waals surface area contributed by atoms with E-state index in [-0.39, 0.29) is 0 Å². The molecule has 0 aliphatic rings. The molecule has 152 valence electrons. The summed E-state index contributed by atoms with van der Waals surface area (Å²) < 4.78 is 7.51. The van der Waals surface area contributed by atoms with E-state index >= 15 is 0 Å². The Morgan fingerprint density at radius 2 is 1.67 bits per heavy atom. The van der Waals surface area contributed by atoms with Crippen molar-refractivity contribution in [2.24, 2.45) is 0 Å². The minimum Gasteiger partial charge on any atom is -0.497 e. The quantitative estimate of drug-likeness (QED) is 0.362. The average Bonchev–Trinajstić information content (AvgIpc) is 3.22. The first-order valence-corrected chi connectivity index (χ1v) is 11.0. The van der Waals surface area contributed by atoms with Gasteiger partial charge in [0.15, 0.2) is 11.0 Å². The van der Waals surface area contributed by atoms with Gasteiger partial charge in [0.05, 0.1) is 7.11 Å². The number of rotatable bonds is 9. The Labute approximate surface area is 181 Å². The van der Waals surface area contributed by atoms with Crippen LogP contribution >= 0.6 is 11.8 Å². The van der Waals surface area contributed by atoms with E-state index in [1.807, 2.05) is 48.7 Å². The summed E-state index contributed by atoms with van der Waals surface area (Å²) in [4.78, 5) is 4.41. The van der Waals surface area contributed by atoms with Crippen molar-refractivity contribution in [2.75, 3.05) is 12.9 Å². The number of pyridine rings is 1. The van der Waals surface area contributed by atoms with Gasteiger partial charge in [0.1, 0.15) is 5.75 Å². The van der Waals surface area contributed by atoms with Crippen LogP contribution in [-0.2, 0) is 19.4 Å². The molecule has 5 nitrogen and oxygen atoms in total. The fourth-order valence-electron chi connectivity index (χ4n) is 3.23. The summed E-state index contributed by atoms with van der Waals surface area (Å²) >= 11 is 1.72. The highest BCUT2D eigenvalue weighted by molar-refractivity contribution is 7.99. The number of aryl methyl sites for hydroxylation is 2. The second kappa shape index (κ2) is 10.1. The highest BCUT2D eigenvalue weighted by Gasteiger charge is 2.15. The Morgan fingerprint density at radius 1 is 0.867 bits per heavy atom. The SMILES string of the molecule is COc1ccc(-c2nnc(SCCc3ccccn3)n2CCc2ccccc2)cc1. The zero-order chi connectivity index (χ0) is 20.6. The lowest BCUT2D eigenvalue weighted by Gasteiger charge is -2.11. The number of methoxy groups -OCH3 is 1. The summed E-state index contributed by atoms with van der Waals surface area (Å²) in [5, 5.41) is 9.96. The summed E-state index contributed by atoms with van der Waals surface area (Å²) in [5.41, 5.74) is 3.43. The molecule has 6 heteroatoms. The van der Waals surface area contributed by atoms with Crippen LogP contribution in [0.3, 0.4) is 0 Å². The van der Waals surface area contributed by atoms with Crippen molar-refractivity contribution >= 4 is 11.8 Å². The fraction of sp³-hybridized carbons (Fsp3) is 0.208. The first kappa shape index (κ1) is 20.2. The maximum atomic E-state index is 5.29. The van der Waals surface area contributed by atoms with Gasteiger partial charge < -0.3 is 9.30 Å². The van der Waals surface area contributed by atoms with E-state index < -0.39 is 0 Å². The molecule has 0 atom stereocenters. The normalized spacial score (nSPS) is 10.8. The smallest absolute Gasteiger partial charge is 0.191 e. The van der Waals surface area contributed by atoms with Crippen LogP contribution in [0.4, 0.5) is 0 Å². The van der Waals surface area contributed by atoms with E-state index in [9.17, 15) is 0 Å². The summed E-state index contributed by atoms with van der Waals surface area (Å²) in [7, 11) is 1.67. The van der Waals surface area contributed by atoms with E-state index in [1.165, 1.54) is 5.56 Å². The molecule has 0 amide bonds. The molecule has 0 unspecified atom stereocenters. The van der Waals surface area contributed by atoms with E-state index in [0.717, 1.165) is 53.1 Å². The number of hydrogen-bond donors (Lipinski definition) is 0. The molecule has 2 aromatic carbocycles. The molecule has 0 spiro atoms. The van der Waals surface area contributed by atoms with Gasteiger partial charge in [-0.2, -0.15) is 0 Å². The van der Waals surface area contributed by atoms with Crippen molar-refractivity contribution in [2.45, 2.75) is 24.5 Å². The standard InChI is InChI=1S/C24H24N4OS/c1-29-22-12-10-20(11-13-22)23-26-27-24(30-18-15-21-9-5-6-16-25-21)28(23)17-14-19-7-3-2-4-8-19/h2-13,16H,14-15,17-18H2,1H3. The molecule has 0 radical (unpaired) electrons. The van der Waals surface area contributed by atoms with Crippen LogP contribution in [0.1, 0.15) is 11.3 Å². The molecule has 0 saturated carbocycles. The van der Waals surface area contributed by atoms with Gasteiger partial charge in [0.2, 0.25) is 0 Å². The van der Waals surface area contributed by atoms with Crippen LogP contribution in [0, 0.1) is 0 Å². The molecule has 4 rings (SSSR count). The van der Waals surface area contributed by atoms with Crippen LogP contribution in [-0.4, -0.2) is 32.6 Å². The van der Waals surface area contributed by atoms with Crippen molar-refractivity contribution < 1.29 is 4.74 Å². The Bertz CT molecular complexity index is 1050. The number of ether oxygens (including phenoxy) is 1. The maximum Gasteiger partial charge on any atom is 0.191 e. The van der Waals surface area contributed by atoms with Crippen LogP contribution < -0.4 is 4.74 Å². The third kappa shape index (κ3) is 5.07. The lowest BCUT2D eigenvalue weighted by atomic mass is 10.1. The monoisotopic (exact) mass is 416 g/mol. The molecule has 0 N–H and O–H groups in total. The first-order valence-electron chi connectivity index (χ1n) is 9.98. The number of thioether (sulfide) groups is 1. The summed E-state index contributed by atoms with van der Waals surface area (Å²) in [5.74, 6) is 2.62. The minimum atomic E-state index is 0.824. The molecule has 0 fully saturated rings. The van der Waals surface area contributed by atoms with E-state index in [2.05, 4.69) is 50.1 Å². The highest BCUT2D eigenvalue weighted by Crippen LogP contribution is 2.26. The molecule has 0 aliphatic carbocycles. The van der Waals surface area contributed by atoms with E-state index in [4.69, 9.17) is 4.74 Å². The van der Waals surface area contributed by atoms with Crippen molar-refractivity contribution in [3.8, 4) is 17.1 Å². The van der Waals surface area contributed by atoms with Crippen molar-refractivity contribution in [3.63, 3.8) is 0 Å². The molecule has 0 bridgehead atoms. The van der Waals surface area contributed by atoms with Gasteiger partial charge in [-0.1, -0.05) is 48.2 Å². The average molecular weight is 417 g/mol. The van der Waals surface area contributed by atoms with Crippen LogP contribution in [0.25, 0.3) is 11.4 Å². The van der Waals surface area contributed by atoms with Gasteiger partial charge in [-0.3, -0.25) is 4.98 Å². The van der Waals surface area contributed by atoms with Crippen LogP contribution in [0.2, 0.25) is 0 Å². The van der Waals surface area contributed by atoms with Crippen molar-refractivity contribution in [3.05, 3.63) is 90.3 Å². The van der Waals surface area contributed by atoms with Gasteiger partial charge in [0.25, 0.3) is 0 Å². The Hall–Kier alpha value is -3.12. The summed E-state index contributed by atoms with van der Waals surface area (Å²) in [6.07, 6.45) is 3.66. The topological polar surface area (TPSA) is 52.8 Å². The van der Waals surface area contributed by atoms with E-state index in [1.54, 1.807) is 18.9 Å². The van der Waals surface area contributed by atoms with Crippen molar-refractivity contribution in [1.82, 2.24) is 19.7 Å². The first-order chi connectivity index (χ1) is 14.8. The number of aromatic nitrogens is 4. The zero-order valence-electron chi connectivity index (χ0n) is 16.9. The molecular formula is C24H24N4OS. The number of nitrogens with zero attached hydrogens (tertiary/aromatic N) is 4. The number of benzene rings is 2. The van der Waals surface area contributed by atoms with Crippen molar-refractivity contribution in [1.29, 1.82) is 0 Å². The lowest BCUT2D eigenvalue weighted by molar-refractivity contribution is 0.415. The summed E-state index contributed by atoms with van der Waals surface area (Å²) in [6, 6.07) is 24.5. The molecule has 4 aromatic rings. The maximum absolute atomic E-state index is 5.29. The molecule has 2 aromatic heterocycles. The molecule has 30 heavy (non-hydrogen) atoms. The zero-order valence-corrected chi connectivity index (χ0v) is 17.8. The highest BCUT2D eigenvalue weighted by atomic mass is 32.2. The molecule has 2 heterocycles. The minimum absolute atomic E-state index is 0.824. The Morgan fingerprint density at radius 3 is 2.40 bits per heavy atom. The fourth-order valence-corrected chi connectivity index (χ4v) is 4.16. The largest absolute Gasteiger partial charge is 0.497 e. The van der Waals surface area contributed by atoms with Gasteiger partial charge >= 0.3 is 0 Å². The van der Waals surface area contributed by atoms with Gasteiger partial charge in [-0.25, -0.2) is 0 Å². The Balaban J connectivity index is 1.54. The van der Waals surface area contributed by atoms with Gasteiger partial charge in [-0.15, -0.1) is 10.2 Å². The lowest BCUT2D eigenvalue weighted by Crippen LogP contribution is -2.06. The molecule has 0 saturated heterocycles. The molecular weight excluding hydrogens is 392 g/mol. The van der Waals surface area contributed by atoms with Gasteiger partial charge in [0, 0.05) is 29.8 Å². The van der Waals surface area contributed by atoms with Crippen LogP contribution in [0.5, 0.6) is 5.75 Å². The molecule has 0 aliphatic heterocycles. The third-order valence-electron chi connectivity index (χ3n) is 4.85. The number of hydrogen-bond acceptors (Lipinski definition) is 5. The van der Waals surface area contributed by atoms with Crippen LogP contribution in [0.15, 0.2) is 84.1 Å². The Kier molecular flexibility index (Phi) is 6.77. The predicted molar refractivity (Wildman–Crippen MR) is 121 cm³/mol. The third-order valence-corrected chi connectivity index (χ3v) is 5.82. The van der Waals surface area contributed by atoms with E-state index in [0.29, 0.717) is 0 Å². The van der Waals surface area contributed by atoms with Gasteiger partial charge in [-0.05, 0) is 54.8 Å². The predicted octanol–water partition coefficient (Wildman–Crippen LogP) is 4.93. The second-order valence-corrected chi connectivity index (χ2v) is 7.90. The second-order valence-electron chi connectivity index (χ2n) is 6.84.